The molecular formula is C17H28N2O3. The summed E-state index contributed by atoms with van der Waals surface area (Å²) < 4.78 is 5.32. The smallest absolute Gasteiger partial charge is 0.224 e. The van der Waals surface area contributed by atoms with E-state index in [1.54, 1.807) is 0 Å². The zero-order chi connectivity index (χ0) is 15.9. The molecule has 124 valence electrons. The highest BCUT2D eigenvalue weighted by Gasteiger charge is 2.25. The highest BCUT2D eigenvalue weighted by Crippen LogP contribution is 2.23. The fourth-order valence-corrected chi connectivity index (χ4v) is 3.35. The van der Waals surface area contributed by atoms with Crippen LogP contribution in [0.1, 0.15) is 63.0 Å². The summed E-state index contributed by atoms with van der Waals surface area (Å²) in [5, 5.41) is 16.7. The van der Waals surface area contributed by atoms with E-state index in [0.29, 0.717) is 6.42 Å². The molecule has 1 fully saturated rings. The molecule has 0 spiro atoms. The van der Waals surface area contributed by atoms with Gasteiger partial charge in [0.25, 0.3) is 0 Å². The van der Waals surface area contributed by atoms with Crippen molar-refractivity contribution in [1.82, 2.24) is 10.5 Å². The lowest BCUT2D eigenvalue weighted by atomic mass is 9.95. The molecule has 22 heavy (non-hydrogen) atoms. The van der Waals surface area contributed by atoms with E-state index in [1.165, 1.54) is 6.42 Å². The Hall–Kier alpha value is -1.36. The summed E-state index contributed by atoms with van der Waals surface area (Å²) in [6.45, 7) is 4.18. The average Bonchev–Trinajstić information content (AvgIpc) is 2.77. The normalized spacial score (nSPS) is 22.3. The van der Waals surface area contributed by atoms with Crippen molar-refractivity contribution in [3.05, 3.63) is 17.0 Å². The van der Waals surface area contributed by atoms with Crippen molar-refractivity contribution in [3.63, 3.8) is 0 Å². The van der Waals surface area contributed by atoms with Crippen LogP contribution in [0.2, 0.25) is 0 Å². The van der Waals surface area contributed by atoms with Gasteiger partial charge in [0.2, 0.25) is 5.91 Å². The Kier molecular flexibility index (Phi) is 6.43. The summed E-state index contributed by atoms with van der Waals surface area (Å²) in [6.07, 6.45) is 7.25. The number of amides is 1. The molecule has 2 rings (SSSR count). The lowest BCUT2D eigenvalue weighted by Crippen LogP contribution is -2.42. The van der Waals surface area contributed by atoms with Crippen molar-refractivity contribution in [2.75, 3.05) is 6.61 Å². The maximum Gasteiger partial charge on any atom is 0.224 e. The van der Waals surface area contributed by atoms with E-state index in [0.717, 1.165) is 55.5 Å². The quantitative estimate of drug-likeness (QED) is 0.791. The van der Waals surface area contributed by atoms with Gasteiger partial charge in [-0.3, -0.25) is 4.79 Å². The van der Waals surface area contributed by atoms with Gasteiger partial charge in [0.05, 0.1) is 12.1 Å². The maximum atomic E-state index is 12.4. The molecule has 2 atom stereocenters. The van der Waals surface area contributed by atoms with Crippen LogP contribution in [0.25, 0.3) is 0 Å². The molecule has 1 heterocycles. The Bertz CT molecular complexity index is 463. The summed E-state index contributed by atoms with van der Waals surface area (Å²) >= 11 is 0. The van der Waals surface area contributed by atoms with E-state index in [-0.39, 0.29) is 24.5 Å². The van der Waals surface area contributed by atoms with Gasteiger partial charge in [-0.05, 0) is 19.3 Å². The molecule has 0 bridgehead atoms. The first-order chi connectivity index (χ1) is 10.7. The monoisotopic (exact) mass is 308 g/mol. The molecule has 2 unspecified atom stereocenters. The fraction of sp³-hybridized carbons (Fsp3) is 0.765. The van der Waals surface area contributed by atoms with Crippen LogP contribution in [-0.2, 0) is 24.1 Å². The maximum absolute atomic E-state index is 12.4. The van der Waals surface area contributed by atoms with Crippen LogP contribution in [0.4, 0.5) is 0 Å². The van der Waals surface area contributed by atoms with Gasteiger partial charge < -0.3 is 14.9 Å². The fourth-order valence-electron chi connectivity index (χ4n) is 3.35. The topological polar surface area (TPSA) is 75.4 Å². The summed E-state index contributed by atoms with van der Waals surface area (Å²) in [5.41, 5.74) is 1.82. The molecule has 2 N–H and O–H groups in total. The Morgan fingerprint density at radius 3 is 2.73 bits per heavy atom. The number of aliphatic hydroxyl groups is 1. The first kappa shape index (κ1) is 17.0. The molecule has 1 amide bonds. The van der Waals surface area contributed by atoms with E-state index in [4.69, 9.17) is 4.52 Å². The number of aliphatic hydroxyl groups excluding tert-OH is 1. The highest BCUT2D eigenvalue weighted by atomic mass is 16.5. The van der Waals surface area contributed by atoms with E-state index in [2.05, 4.69) is 10.5 Å². The number of nitrogens with one attached hydrogen (secondary N) is 1. The minimum absolute atomic E-state index is 0.0120. The second kappa shape index (κ2) is 8.32. The van der Waals surface area contributed by atoms with Gasteiger partial charge in [0.15, 0.2) is 0 Å². The molecule has 1 aromatic heterocycles. The molecule has 0 aromatic carbocycles. The van der Waals surface area contributed by atoms with Gasteiger partial charge in [-0.2, -0.15) is 0 Å². The van der Waals surface area contributed by atoms with Crippen molar-refractivity contribution in [2.45, 2.75) is 71.3 Å². The second-order valence-corrected chi connectivity index (χ2v) is 6.17. The Balaban J connectivity index is 2.01. The predicted molar refractivity (Wildman–Crippen MR) is 84.6 cm³/mol. The number of hydrogen-bond donors (Lipinski definition) is 2. The first-order valence-corrected chi connectivity index (χ1v) is 8.56. The van der Waals surface area contributed by atoms with Crippen molar-refractivity contribution in [1.29, 1.82) is 0 Å². The lowest BCUT2D eigenvalue weighted by molar-refractivity contribution is -0.121. The van der Waals surface area contributed by atoms with E-state index in [9.17, 15) is 9.90 Å². The molecule has 0 aliphatic heterocycles. The van der Waals surface area contributed by atoms with Crippen molar-refractivity contribution in [3.8, 4) is 0 Å². The minimum Gasteiger partial charge on any atom is -0.396 e. The third-order valence-corrected chi connectivity index (χ3v) is 4.68. The largest absolute Gasteiger partial charge is 0.396 e. The van der Waals surface area contributed by atoms with Gasteiger partial charge >= 0.3 is 0 Å². The third kappa shape index (κ3) is 4.09. The molecule has 0 radical (unpaired) electrons. The number of hydrogen-bond acceptors (Lipinski definition) is 4. The zero-order valence-corrected chi connectivity index (χ0v) is 13.7. The lowest BCUT2D eigenvalue weighted by Gasteiger charge is -2.24. The van der Waals surface area contributed by atoms with Gasteiger partial charge in [-0.25, -0.2) is 0 Å². The van der Waals surface area contributed by atoms with Gasteiger partial charge in [0.1, 0.15) is 5.76 Å². The van der Waals surface area contributed by atoms with Gasteiger partial charge in [-0.15, -0.1) is 0 Å². The van der Waals surface area contributed by atoms with Crippen LogP contribution in [-0.4, -0.2) is 28.8 Å². The molecule has 1 aliphatic rings. The SMILES string of the molecule is CCc1noc(CC)c1CC(=O)NC1CCCCCC1CO. The van der Waals surface area contributed by atoms with E-state index < -0.39 is 0 Å². The zero-order valence-electron chi connectivity index (χ0n) is 13.7. The van der Waals surface area contributed by atoms with Crippen LogP contribution >= 0.6 is 0 Å². The molecule has 1 saturated carbocycles. The van der Waals surface area contributed by atoms with E-state index in [1.807, 2.05) is 13.8 Å². The number of aromatic nitrogens is 1. The highest BCUT2D eigenvalue weighted by molar-refractivity contribution is 5.79. The Morgan fingerprint density at radius 1 is 1.27 bits per heavy atom. The summed E-state index contributed by atoms with van der Waals surface area (Å²) in [6, 6.07) is 0.0926. The molecule has 5 heteroatoms. The molecule has 0 saturated heterocycles. The Labute approximate surface area is 132 Å². The summed E-state index contributed by atoms with van der Waals surface area (Å²) in [4.78, 5) is 12.4. The van der Waals surface area contributed by atoms with Crippen LogP contribution in [0.15, 0.2) is 4.52 Å². The summed E-state index contributed by atoms with van der Waals surface area (Å²) in [7, 11) is 0. The van der Waals surface area contributed by atoms with Gasteiger partial charge in [0, 0.05) is 30.6 Å². The summed E-state index contributed by atoms with van der Waals surface area (Å²) in [5.74, 6) is 1.01. The molecular weight excluding hydrogens is 280 g/mol. The van der Waals surface area contributed by atoms with Crippen LogP contribution in [0.3, 0.4) is 0 Å². The van der Waals surface area contributed by atoms with E-state index >= 15 is 0 Å². The van der Waals surface area contributed by atoms with Crippen molar-refractivity contribution >= 4 is 5.91 Å². The first-order valence-electron chi connectivity index (χ1n) is 8.56. The van der Waals surface area contributed by atoms with Crippen LogP contribution < -0.4 is 5.32 Å². The van der Waals surface area contributed by atoms with Crippen LogP contribution in [0.5, 0.6) is 0 Å². The number of rotatable bonds is 6. The predicted octanol–water partition coefficient (Wildman–Crippen LogP) is 2.40. The van der Waals surface area contributed by atoms with Crippen molar-refractivity contribution in [2.24, 2.45) is 5.92 Å². The average molecular weight is 308 g/mol. The van der Waals surface area contributed by atoms with Gasteiger partial charge in [-0.1, -0.05) is 38.3 Å². The van der Waals surface area contributed by atoms with Crippen LogP contribution in [0, 0.1) is 5.92 Å². The standard InChI is InChI=1S/C17H28N2O3/c1-3-14-13(16(4-2)22-19-14)10-17(21)18-15-9-7-5-6-8-12(15)11-20/h12,15,20H,3-11H2,1-2H3,(H,18,21). The number of carbonyl (C=O) groups is 1. The number of aryl methyl sites for hydroxylation is 2. The Morgan fingerprint density at radius 2 is 2.05 bits per heavy atom. The minimum atomic E-state index is 0.0120. The molecule has 1 aromatic rings. The third-order valence-electron chi connectivity index (χ3n) is 4.68. The number of nitrogens with zero attached hydrogens (tertiary/aromatic N) is 1. The molecule has 1 aliphatic carbocycles. The van der Waals surface area contributed by atoms with Crippen molar-refractivity contribution < 1.29 is 14.4 Å². The number of carbonyl (C=O) groups excluding carboxylic acids is 1. The second-order valence-electron chi connectivity index (χ2n) is 6.17. The molecule has 5 nitrogen and oxygen atoms in total.